The van der Waals surface area contributed by atoms with E-state index in [2.05, 4.69) is 41.4 Å². The highest BCUT2D eigenvalue weighted by Gasteiger charge is 2.19. The van der Waals surface area contributed by atoms with E-state index in [4.69, 9.17) is 9.47 Å². The predicted octanol–water partition coefficient (Wildman–Crippen LogP) is 8.32. The first-order chi connectivity index (χ1) is 20.2. The summed E-state index contributed by atoms with van der Waals surface area (Å²) >= 11 is 0. The summed E-state index contributed by atoms with van der Waals surface area (Å²) in [6.45, 7) is 1.07. The minimum Gasteiger partial charge on any atom is -0.493 e. The van der Waals surface area contributed by atoms with Crippen LogP contribution in [0.15, 0.2) is 115 Å². The van der Waals surface area contributed by atoms with Gasteiger partial charge in [-0.25, -0.2) is 4.79 Å². The maximum absolute atomic E-state index is 12.3. The minimum absolute atomic E-state index is 0.241. The van der Waals surface area contributed by atoms with Crippen LogP contribution < -0.4 is 9.47 Å². The van der Waals surface area contributed by atoms with Crippen molar-refractivity contribution in [2.24, 2.45) is 0 Å². The number of carboxylic acids is 1. The molecule has 0 aliphatic heterocycles. The maximum atomic E-state index is 12.3. The standard InChI is InChI=1S/C36H31NO4/c38-36(39)35-32(19-9-22-41-33-20-7-12-26-11-4-5-16-29(26)33)31-18-8-17-30(34(31)37-35)27-13-6-10-25(24-27)21-23-40-28-14-2-1-3-15-28/h1-8,10-18,20,24,37H,9,19,21-23H2,(H,38,39). The van der Waals surface area contributed by atoms with Crippen LogP contribution in [0.2, 0.25) is 0 Å². The Morgan fingerprint density at radius 1 is 0.707 bits per heavy atom. The molecule has 5 heteroatoms. The maximum Gasteiger partial charge on any atom is 0.352 e. The number of rotatable bonds is 11. The average Bonchev–Trinajstić information content (AvgIpc) is 3.39. The van der Waals surface area contributed by atoms with E-state index < -0.39 is 5.97 Å². The number of nitrogens with one attached hydrogen (secondary N) is 1. The van der Waals surface area contributed by atoms with Crippen molar-refractivity contribution < 1.29 is 19.4 Å². The zero-order chi connectivity index (χ0) is 28.0. The molecule has 0 radical (unpaired) electrons. The summed E-state index contributed by atoms with van der Waals surface area (Å²) in [4.78, 5) is 15.5. The molecule has 6 aromatic rings. The molecule has 0 atom stereocenters. The van der Waals surface area contributed by atoms with Gasteiger partial charge in [-0.1, -0.05) is 97.1 Å². The van der Waals surface area contributed by atoms with Gasteiger partial charge in [0.2, 0.25) is 0 Å². The molecule has 0 amide bonds. The van der Waals surface area contributed by atoms with Crippen molar-refractivity contribution >= 4 is 27.6 Å². The molecule has 41 heavy (non-hydrogen) atoms. The second-order valence-electron chi connectivity index (χ2n) is 10.1. The summed E-state index contributed by atoms with van der Waals surface area (Å²) in [7, 11) is 0. The number of H-pyrrole nitrogens is 1. The van der Waals surface area contributed by atoms with E-state index in [0.717, 1.165) is 61.8 Å². The van der Waals surface area contributed by atoms with Crippen molar-refractivity contribution in [3.05, 3.63) is 132 Å². The van der Waals surface area contributed by atoms with Crippen LogP contribution in [-0.2, 0) is 12.8 Å². The van der Waals surface area contributed by atoms with E-state index in [1.54, 1.807) is 0 Å². The average molecular weight is 542 g/mol. The SMILES string of the molecule is O=C(O)c1[nH]c2c(-c3cccc(CCOc4ccccc4)c3)cccc2c1CCCOc1cccc2ccccc12. The lowest BCUT2D eigenvalue weighted by atomic mass is 9.98. The van der Waals surface area contributed by atoms with Gasteiger partial charge in [0.15, 0.2) is 0 Å². The van der Waals surface area contributed by atoms with Gasteiger partial charge in [-0.15, -0.1) is 0 Å². The second-order valence-corrected chi connectivity index (χ2v) is 10.1. The summed E-state index contributed by atoms with van der Waals surface area (Å²) in [5.41, 5.74) is 5.07. The fourth-order valence-corrected chi connectivity index (χ4v) is 5.41. The van der Waals surface area contributed by atoms with Crippen molar-refractivity contribution in [1.82, 2.24) is 4.98 Å². The van der Waals surface area contributed by atoms with Crippen LogP contribution in [0.25, 0.3) is 32.8 Å². The van der Waals surface area contributed by atoms with Crippen LogP contribution in [0.5, 0.6) is 11.5 Å². The van der Waals surface area contributed by atoms with Crippen molar-refractivity contribution in [2.45, 2.75) is 19.3 Å². The van der Waals surface area contributed by atoms with E-state index in [1.807, 2.05) is 78.9 Å². The van der Waals surface area contributed by atoms with Crippen LogP contribution in [0.3, 0.4) is 0 Å². The Morgan fingerprint density at radius 3 is 2.34 bits per heavy atom. The van der Waals surface area contributed by atoms with Gasteiger partial charge in [0, 0.05) is 22.8 Å². The molecule has 0 unspecified atom stereocenters. The molecule has 204 valence electrons. The number of fused-ring (bicyclic) bond motifs is 2. The molecule has 0 bridgehead atoms. The first kappa shape index (κ1) is 26.2. The molecule has 1 heterocycles. The highest BCUT2D eigenvalue weighted by Crippen LogP contribution is 2.33. The Kier molecular flexibility index (Phi) is 7.68. The van der Waals surface area contributed by atoms with Gasteiger partial charge in [-0.2, -0.15) is 0 Å². The quantitative estimate of drug-likeness (QED) is 0.162. The van der Waals surface area contributed by atoms with E-state index >= 15 is 0 Å². The minimum atomic E-state index is -0.955. The van der Waals surface area contributed by atoms with Gasteiger partial charge < -0.3 is 19.6 Å². The third kappa shape index (κ3) is 5.80. The molecule has 0 aliphatic carbocycles. The molecule has 0 fully saturated rings. The molecule has 5 aromatic carbocycles. The Morgan fingerprint density at radius 2 is 1.46 bits per heavy atom. The van der Waals surface area contributed by atoms with E-state index in [1.165, 1.54) is 0 Å². The number of hydrogen-bond donors (Lipinski definition) is 2. The Labute approximate surface area is 239 Å². The topological polar surface area (TPSA) is 71.5 Å². The van der Waals surface area contributed by atoms with E-state index in [0.29, 0.717) is 26.1 Å². The van der Waals surface area contributed by atoms with E-state index in [-0.39, 0.29) is 5.69 Å². The third-order valence-corrected chi connectivity index (χ3v) is 7.37. The Hall–Kier alpha value is -5.03. The lowest BCUT2D eigenvalue weighted by molar-refractivity contribution is 0.0690. The molecule has 0 aliphatic rings. The smallest absolute Gasteiger partial charge is 0.352 e. The van der Waals surface area contributed by atoms with Gasteiger partial charge in [0.1, 0.15) is 17.2 Å². The molecule has 0 saturated heterocycles. The van der Waals surface area contributed by atoms with Crippen molar-refractivity contribution in [1.29, 1.82) is 0 Å². The second kappa shape index (κ2) is 12.0. The third-order valence-electron chi connectivity index (χ3n) is 7.37. The molecule has 6 rings (SSSR count). The number of carbonyl (C=O) groups is 1. The lowest BCUT2D eigenvalue weighted by Crippen LogP contribution is -2.04. The highest BCUT2D eigenvalue weighted by molar-refractivity contribution is 6.03. The number of benzene rings is 5. The summed E-state index contributed by atoms with van der Waals surface area (Å²) < 4.78 is 12.0. The van der Waals surface area contributed by atoms with E-state index in [9.17, 15) is 9.90 Å². The summed E-state index contributed by atoms with van der Waals surface area (Å²) in [5, 5.41) is 13.2. The van der Waals surface area contributed by atoms with Gasteiger partial charge in [0.25, 0.3) is 0 Å². The number of aromatic nitrogens is 1. The monoisotopic (exact) mass is 541 g/mol. The van der Waals surface area contributed by atoms with Crippen LogP contribution in [-0.4, -0.2) is 29.3 Å². The van der Waals surface area contributed by atoms with Crippen LogP contribution in [0.4, 0.5) is 0 Å². The Balaban J connectivity index is 1.20. The first-order valence-electron chi connectivity index (χ1n) is 13.9. The number of para-hydroxylation sites is 2. The van der Waals surface area contributed by atoms with Crippen LogP contribution in [0, 0.1) is 0 Å². The van der Waals surface area contributed by atoms with Gasteiger partial charge in [0.05, 0.1) is 18.7 Å². The summed E-state index contributed by atoms with van der Waals surface area (Å²) in [6.07, 6.45) is 2.05. The molecule has 1 aromatic heterocycles. The van der Waals surface area contributed by atoms with Crippen molar-refractivity contribution in [2.75, 3.05) is 13.2 Å². The van der Waals surface area contributed by atoms with Gasteiger partial charge in [-0.3, -0.25) is 0 Å². The van der Waals surface area contributed by atoms with Gasteiger partial charge in [-0.05, 0) is 53.1 Å². The molecule has 2 N–H and O–H groups in total. The largest absolute Gasteiger partial charge is 0.493 e. The fraction of sp³-hybridized carbons (Fsp3) is 0.139. The number of hydrogen-bond acceptors (Lipinski definition) is 3. The van der Waals surface area contributed by atoms with Crippen molar-refractivity contribution in [3.63, 3.8) is 0 Å². The normalized spacial score (nSPS) is 11.1. The molecule has 5 nitrogen and oxygen atoms in total. The molecule has 0 spiro atoms. The van der Waals surface area contributed by atoms with Crippen LogP contribution >= 0.6 is 0 Å². The number of aromatic amines is 1. The van der Waals surface area contributed by atoms with Crippen molar-refractivity contribution in [3.8, 4) is 22.6 Å². The zero-order valence-electron chi connectivity index (χ0n) is 22.7. The lowest BCUT2D eigenvalue weighted by Gasteiger charge is -2.10. The predicted molar refractivity (Wildman–Crippen MR) is 164 cm³/mol. The number of aryl methyl sites for hydroxylation is 1. The zero-order valence-corrected chi connectivity index (χ0v) is 22.7. The number of carboxylic acid groups (broad SMARTS) is 1. The van der Waals surface area contributed by atoms with Gasteiger partial charge >= 0.3 is 5.97 Å². The Bertz CT molecular complexity index is 1800. The number of ether oxygens (including phenoxy) is 2. The van der Waals surface area contributed by atoms with Crippen LogP contribution in [0.1, 0.15) is 28.0 Å². The number of aromatic carboxylic acids is 1. The highest BCUT2D eigenvalue weighted by atomic mass is 16.5. The summed E-state index contributed by atoms with van der Waals surface area (Å²) in [5.74, 6) is 0.747. The summed E-state index contributed by atoms with van der Waals surface area (Å²) in [6, 6.07) is 38.4. The fourth-order valence-electron chi connectivity index (χ4n) is 5.41. The molecular weight excluding hydrogens is 510 g/mol. The molecular formula is C36H31NO4. The first-order valence-corrected chi connectivity index (χ1v) is 13.9. The molecule has 0 saturated carbocycles.